The summed E-state index contributed by atoms with van der Waals surface area (Å²) < 4.78 is 6.65. The van der Waals surface area contributed by atoms with Crippen molar-refractivity contribution < 1.29 is 9.53 Å². The highest BCUT2D eigenvalue weighted by molar-refractivity contribution is 9.10. The van der Waals surface area contributed by atoms with Crippen LogP contribution < -0.4 is 10.5 Å². The molecule has 0 saturated heterocycles. The average molecular weight is 357 g/mol. The van der Waals surface area contributed by atoms with Gasteiger partial charge in [0.25, 0.3) is 0 Å². The van der Waals surface area contributed by atoms with E-state index in [1.807, 2.05) is 24.3 Å². The minimum Gasteiger partial charge on any atom is -0.492 e. The highest BCUT2D eigenvalue weighted by Gasteiger charge is 2.21. The van der Waals surface area contributed by atoms with Crippen LogP contribution in [0.1, 0.15) is 20.3 Å². The number of hydrogen-bond acceptors (Lipinski definition) is 3. The molecule has 0 aromatic heterocycles. The van der Waals surface area contributed by atoms with E-state index in [-0.39, 0.29) is 11.8 Å². The van der Waals surface area contributed by atoms with E-state index in [9.17, 15) is 4.79 Å². The molecule has 5 heteroatoms. The lowest BCUT2D eigenvalue weighted by Crippen LogP contribution is -2.39. The molecule has 0 radical (unpaired) electrons. The molecule has 1 amide bonds. The Balaban J connectivity index is 2.39. The summed E-state index contributed by atoms with van der Waals surface area (Å²) in [7, 11) is 1.80. The van der Waals surface area contributed by atoms with Crippen molar-refractivity contribution >= 4 is 21.8 Å². The molecule has 0 heterocycles. The monoisotopic (exact) mass is 356 g/mol. The van der Waals surface area contributed by atoms with Crippen LogP contribution in [0.4, 0.5) is 0 Å². The van der Waals surface area contributed by atoms with Crippen LogP contribution in [0.5, 0.6) is 5.75 Å². The van der Waals surface area contributed by atoms with E-state index in [1.165, 1.54) is 0 Å². The Bertz CT molecular complexity index is 434. The first kappa shape index (κ1) is 18.0. The van der Waals surface area contributed by atoms with Gasteiger partial charge in [0.15, 0.2) is 0 Å². The minimum atomic E-state index is -0.0947. The van der Waals surface area contributed by atoms with Crippen LogP contribution in [0, 0.1) is 11.8 Å². The fraction of sp³-hybridized carbons (Fsp3) is 0.562. The maximum atomic E-state index is 12.3. The van der Waals surface area contributed by atoms with Gasteiger partial charge in [-0.15, -0.1) is 0 Å². The molecule has 0 saturated carbocycles. The molecule has 1 atom stereocenters. The molecule has 21 heavy (non-hydrogen) atoms. The standard InChI is InChI=1S/C16H25BrN2O2/c1-12(2)10-13(11-18)16(20)19(3)8-9-21-15-6-4-14(17)5-7-15/h4-7,12-13H,8-11,18H2,1-3H3. The second kappa shape index (κ2) is 9.05. The van der Waals surface area contributed by atoms with E-state index in [2.05, 4.69) is 29.8 Å². The van der Waals surface area contributed by atoms with Crippen LogP contribution in [-0.2, 0) is 4.79 Å². The van der Waals surface area contributed by atoms with Gasteiger partial charge in [0.1, 0.15) is 12.4 Å². The van der Waals surface area contributed by atoms with Crippen molar-refractivity contribution in [3.8, 4) is 5.75 Å². The van der Waals surface area contributed by atoms with Gasteiger partial charge in [0.05, 0.1) is 12.5 Å². The molecule has 0 bridgehead atoms. The van der Waals surface area contributed by atoms with Crippen LogP contribution in [0.25, 0.3) is 0 Å². The SMILES string of the molecule is CC(C)CC(CN)C(=O)N(C)CCOc1ccc(Br)cc1. The van der Waals surface area contributed by atoms with Gasteiger partial charge in [-0.05, 0) is 36.6 Å². The number of hydrogen-bond donors (Lipinski definition) is 1. The molecular weight excluding hydrogens is 332 g/mol. The highest BCUT2D eigenvalue weighted by atomic mass is 79.9. The highest BCUT2D eigenvalue weighted by Crippen LogP contribution is 2.16. The number of carbonyl (C=O) groups is 1. The molecule has 118 valence electrons. The predicted octanol–water partition coefficient (Wildman–Crippen LogP) is 2.91. The van der Waals surface area contributed by atoms with Gasteiger partial charge in [-0.3, -0.25) is 4.79 Å². The number of likely N-dealkylation sites (N-methyl/N-ethyl adjacent to an activating group) is 1. The van der Waals surface area contributed by atoms with Gasteiger partial charge in [-0.1, -0.05) is 29.8 Å². The Morgan fingerprint density at radius 2 is 1.95 bits per heavy atom. The zero-order valence-electron chi connectivity index (χ0n) is 13.0. The Labute approximate surface area is 135 Å². The number of nitrogens with zero attached hydrogens (tertiary/aromatic N) is 1. The van der Waals surface area contributed by atoms with E-state index in [1.54, 1.807) is 11.9 Å². The molecule has 0 aliphatic rings. The summed E-state index contributed by atoms with van der Waals surface area (Å²) in [5.41, 5.74) is 5.71. The maximum absolute atomic E-state index is 12.3. The van der Waals surface area contributed by atoms with Crippen molar-refractivity contribution in [2.24, 2.45) is 17.6 Å². The summed E-state index contributed by atoms with van der Waals surface area (Å²) in [5, 5.41) is 0. The van der Waals surface area contributed by atoms with E-state index in [4.69, 9.17) is 10.5 Å². The Hall–Kier alpha value is -1.07. The average Bonchev–Trinajstić information content (AvgIpc) is 2.45. The van der Waals surface area contributed by atoms with E-state index in [0.29, 0.717) is 25.6 Å². The lowest BCUT2D eigenvalue weighted by Gasteiger charge is -2.24. The van der Waals surface area contributed by atoms with E-state index < -0.39 is 0 Å². The summed E-state index contributed by atoms with van der Waals surface area (Å²) in [4.78, 5) is 14.0. The van der Waals surface area contributed by atoms with Crippen LogP contribution in [-0.4, -0.2) is 37.6 Å². The Kier molecular flexibility index (Phi) is 7.75. The lowest BCUT2D eigenvalue weighted by atomic mass is 9.96. The summed E-state index contributed by atoms with van der Waals surface area (Å²) >= 11 is 3.38. The first-order valence-electron chi connectivity index (χ1n) is 7.27. The number of benzene rings is 1. The normalized spacial score (nSPS) is 12.3. The third kappa shape index (κ3) is 6.48. The molecule has 1 rings (SSSR count). The summed E-state index contributed by atoms with van der Waals surface area (Å²) in [5.74, 6) is 1.28. The number of amides is 1. The molecular formula is C16H25BrN2O2. The first-order chi connectivity index (χ1) is 9.93. The van der Waals surface area contributed by atoms with Crippen molar-refractivity contribution in [2.75, 3.05) is 26.7 Å². The van der Waals surface area contributed by atoms with Crippen molar-refractivity contribution in [3.63, 3.8) is 0 Å². The molecule has 0 aliphatic heterocycles. The molecule has 4 nitrogen and oxygen atoms in total. The predicted molar refractivity (Wildman–Crippen MR) is 89.3 cm³/mol. The zero-order valence-corrected chi connectivity index (χ0v) is 14.6. The minimum absolute atomic E-state index is 0.0947. The molecule has 1 aromatic carbocycles. The number of nitrogens with two attached hydrogens (primary N) is 1. The quantitative estimate of drug-likeness (QED) is 0.778. The first-order valence-corrected chi connectivity index (χ1v) is 8.06. The van der Waals surface area contributed by atoms with Crippen molar-refractivity contribution in [2.45, 2.75) is 20.3 Å². The molecule has 2 N–H and O–H groups in total. The summed E-state index contributed by atoms with van der Waals surface area (Å²) in [6.07, 6.45) is 0.827. The number of halogens is 1. The van der Waals surface area contributed by atoms with Crippen molar-refractivity contribution in [3.05, 3.63) is 28.7 Å². The maximum Gasteiger partial charge on any atom is 0.226 e. The van der Waals surface area contributed by atoms with Crippen LogP contribution in [0.3, 0.4) is 0 Å². The van der Waals surface area contributed by atoms with Crippen molar-refractivity contribution in [1.29, 1.82) is 0 Å². The molecule has 0 fully saturated rings. The zero-order chi connectivity index (χ0) is 15.8. The number of rotatable bonds is 8. The second-order valence-electron chi connectivity index (χ2n) is 5.62. The third-order valence-electron chi connectivity index (χ3n) is 3.27. The number of ether oxygens (including phenoxy) is 1. The van der Waals surface area contributed by atoms with Gasteiger partial charge < -0.3 is 15.4 Å². The van der Waals surface area contributed by atoms with E-state index in [0.717, 1.165) is 16.6 Å². The van der Waals surface area contributed by atoms with Gasteiger partial charge in [-0.25, -0.2) is 0 Å². The van der Waals surface area contributed by atoms with E-state index >= 15 is 0 Å². The van der Waals surface area contributed by atoms with Gasteiger partial charge >= 0.3 is 0 Å². The van der Waals surface area contributed by atoms with Gasteiger partial charge in [-0.2, -0.15) is 0 Å². The second-order valence-corrected chi connectivity index (χ2v) is 6.54. The Morgan fingerprint density at radius 3 is 2.48 bits per heavy atom. The smallest absolute Gasteiger partial charge is 0.226 e. The number of carbonyl (C=O) groups excluding carboxylic acids is 1. The summed E-state index contributed by atoms with van der Waals surface area (Å²) in [6.45, 7) is 5.64. The molecule has 0 aliphatic carbocycles. The largest absolute Gasteiger partial charge is 0.492 e. The topological polar surface area (TPSA) is 55.6 Å². The Morgan fingerprint density at radius 1 is 1.33 bits per heavy atom. The molecule has 0 spiro atoms. The van der Waals surface area contributed by atoms with Gasteiger partial charge in [0.2, 0.25) is 5.91 Å². The van der Waals surface area contributed by atoms with Gasteiger partial charge in [0, 0.05) is 18.1 Å². The third-order valence-corrected chi connectivity index (χ3v) is 3.80. The molecule has 1 unspecified atom stereocenters. The van der Waals surface area contributed by atoms with Crippen LogP contribution in [0.2, 0.25) is 0 Å². The van der Waals surface area contributed by atoms with Crippen LogP contribution in [0.15, 0.2) is 28.7 Å². The summed E-state index contributed by atoms with van der Waals surface area (Å²) in [6, 6.07) is 7.65. The fourth-order valence-electron chi connectivity index (χ4n) is 2.12. The molecule has 1 aromatic rings. The lowest BCUT2D eigenvalue weighted by molar-refractivity contribution is -0.134. The van der Waals surface area contributed by atoms with Crippen molar-refractivity contribution in [1.82, 2.24) is 4.90 Å². The van der Waals surface area contributed by atoms with Crippen LogP contribution >= 0.6 is 15.9 Å². The fourth-order valence-corrected chi connectivity index (χ4v) is 2.38.